The zero-order chi connectivity index (χ0) is 6.15. The Morgan fingerprint density at radius 3 is 2.38 bits per heavy atom. The van der Waals surface area contributed by atoms with Crippen LogP contribution in [-0.2, 0) is 10.6 Å². The Morgan fingerprint density at radius 1 is 1.75 bits per heavy atom. The topological polar surface area (TPSA) is 29.4 Å². The predicted molar refractivity (Wildman–Crippen MR) is 35.5 cm³/mol. The summed E-state index contributed by atoms with van der Waals surface area (Å²) < 4.78 is 14.5. The van der Waals surface area contributed by atoms with Crippen molar-refractivity contribution < 1.29 is 4.21 Å². The quantitative estimate of drug-likeness (QED) is 0.524. The fourth-order valence-corrected chi connectivity index (χ4v) is 2.00. The van der Waals surface area contributed by atoms with Crippen molar-refractivity contribution in [3.05, 3.63) is 0 Å². The molecular formula is C5H11NOS. The van der Waals surface area contributed by atoms with Gasteiger partial charge in [0.25, 0.3) is 0 Å². The Kier molecular flexibility index (Phi) is 1.56. The van der Waals surface area contributed by atoms with Gasteiger partial charge in [-0.1, -0.05) is 6.92 Å². The molecule has 1 aliphatic carbocycles. The van der Waals surface area contributed by atoms with Crippen LogP contribution in [0.5, 0.6) is 0 Å². The molecule has 2 nitrogen and oxygen atoms in total. The van der Waals surface area contributed by atoms with Gasteiger partial charge in [0.2, 0.25) is 0 Å². The Morgan fingerprint density at radius 2 is 2.25 bits per heavy atom. The lowest BCUT2D eigenvalue weighted by atomic mass is 10.5. The van der Waals surface area contributed by atoms with Crippen molar-refractivity contribution in [1.82, 2.24) is 0 Å². The maximum Gasteiger partial charge on any atom is 0.0432 e. The van der Waals surface area contributed by atoms with E-state index in [1.807, 2.05) is 0 Å². The second-order valence-corrected chi connectivity index (χ2v) is 3.95. The predicted octanol–water partition coefficient (Wildman–Crippen LogP) is 0.689. The molecule has 0 spiro atoms. The third-order valence-corrected chi connectivity index (χ3v) is 3.23. The first-order valence-corrected chi connectivity index (χ1v) is 4.10. The highest BCUT2D eigenvalue weighted by molar-refractivity contribution is 7.75. The summed E-state index contributed by atoms with van der Waals surface area (Å²) in [4.78, 5) is 0. The normalized spacial score (nSPS) is 39.8. The van der Waals surface area contributed by atoms with Gasteiger partial charge in [0.1, 0.15) is 0 Å². The van der Waals surface area contributed by atoms with Crippen molar-refractivity contribution in [3.63, 3.8) is 0 Å². The summed E-state index contributed by atoms with van der Waals surface area (Å²) in [6.45, 7) is 2.11. The second kappa shape index (κ2) is 2.05. The first kappa shape index (κ1) is 6.08. The molecule has 3 atom stereocenters. The molecule has 1 fully saturated rings. The van der Waals surface area contributed by atoms with Crippen molar-refractivity contribution in [2.24, 2.45) is 10.3 Å². The zero-order valence-electron chi connectivity index (χ0n) is 5.16. The Labute approximate surface area is 51.5 Å². The fourth-order valence-electron chi connectivity index (χ4n) is 0.759. The van der Waals surface area contributed by atoms with E-state index in [0.29, 0.717) is 11.2 Å². The Bertz CT molecular complexity index is 160. The average Bonchev–Trinajstić information content (AvgIpc) is 2.45. The summed E-state index contributed by atoms with van der Waals surface area (Å²) in [7, 11) is 0.438. The van der Waals surface area contributed by atoms with Crippen molar-refractivity contribution in [3.8, 4) is 0 Å². The molecule has 1 aliphatic rings. The minimum Gasteiger partial charge on any atom is -0.253 e. The van der Waals surface area contributed by atoms with Crippen molar-refractivity contribution in [2.75, 3.05) is 7.05 Å². The standard InChI is InChI=1S/C5H11NOS/c1-4-3-5(4)8(7)6-2/h4-5,8H,3H2,1-2H3. The van der Waals surface area contributed by atoms with Crippen LogP contribution in [0.1, 0.15) is 13.3 Å². The summed E-state index contributed by atoms with van der Waals surface area (Å²) in [6, 6.07) is 0. The third-order valence-electron chi connectivity index (χ3n) is 1.55. The van der Waals surface area contributed by atoms with Gasteiger partial charge in [-0.05, 0) is 12.3 Å². The van der Waals surface area contributed by atoms with Gasteiger partial charge in [-0.2, -0.15) is 0 Å². The number of rotatable bonds is 1. The maximum absolute atomic E-state index is 10.8. The van der Waals surface area contributed by atoms with E-state index >= 15 is 0 Å². The minimum atomic E-state index is -1.19. The first-order valence-electron chi connectivity index (χ1n) is 2.82. The largest absolute Gasteiger partial charge is 0.253 e. The van der Waals surface area contributed by atoms with Crippen LogP contribution in [-0.4, -0.2) is 16.5 Å². The zero-order valence-corrected chi connectivity index (χ0v) is 6.06. The lowest BCUT2D eigenvalue weighted by molar-refractivity contribution is 0.686. The van der Waals surface area contributed by atoms with E-state index in [9.17, 15) is 4.21 Å². The van der Waals surface area contributed by atoms with E-state index in [1.165, 1.54) is 0 Å². The molecule has 0 radical (unpaired) electrons. The second-order valence-electron chi connectivity index (χ2n) is 2.28. The van der Waals surface area contributed by atoms with Crippen LogP contribution in [0.15, 0.2) is 4.36 Å². The van der Waals surface area contributed by atoms with Crippen LogP contribution < -0.4 is 0 Å². The van der Waals surface area contributed by atoms with Gasteiger partial charge in [-0.25, -0.2) is 4.36 Å². The van der Waals surface area contributed by atoms with Crippen LogP contribution in [0.4, 0.5) is 0 Å². The van der Waals surface area contributed by atoms with E-state index in [0.717, 1.165) is 6.42 Å². The van der Waals surface area contributed by atoms with Crippen molar-refractivity contribution in [2.45, 2.75) is 18.6 Å². The van der Waals surface area contributed by atoms with Gasteiger partial charge >= 0.3 is 0 Å². The van der Waals surface area contributed by atoms with Gasteiger partial charge in [0.05, 0.1) is 0 Å². The molecule has 0 amide bonds. The highest BCUT2D eigenvalue weighted by Crippen LogP contribution is 2.32. The van der Waals surface area contributed by atoms with Crippen LogP contribution in [0.3, 0.4) is 0 Å². The summed E-state index contributed by atoms with van der Waals surface area (Å²) in [5.41, 5.74) is 0. The highest BCUT2D eigenvalue weighted by Gasteiger charge is 2.33. The molecule has 1 saturated carbocycles. The minimum absolute atomic E-state index is 0.426. The number of hydrogen-bond donors (Lipinski definition) is 1. The van der Waals surface area contributed by atoms with Crippen LogP contribution in [0.2, 0.25) is 0 Å². The summed E-state index contributed by atoms with van der Waals surface area (Å²) in [5.74, 6) is 0.669. The molecule has 0 aliphatic heterocycles. The van der Waals surface area contributed by atoms with E-state index in [-0.39, 0.29) is 0 Å². The first-order chi connectivity index (χ1) is 3.75. The molecule has 48 valence electrons. The molecule has 0 aromatic rings. The number of hydrogen-bond acceptors (Lipinski definition) is 2. The molecule has 0 aromatic carbocycles. The van der Waals surface area contributed by atoms with E-state index in [4.69, 9.17) is 0 Å². The third kappa shape index (κ3) is 1.02. The average molecular weight is 133 g/mol. The Balaban J connectivity index is 2.52. The van der Waals surface area contributed by atoms with Crippen LogP contribution in [0.25, 0.3) is 0 Å². The lowest BCUT2D eigenvalue weighted by Gasteiger charge is -1.80. The molecule has 0 saturated heterocycles. The molecular weight excluding hydrogens is 122 g/mol. The Hall–Kier alpha value is -0.0500. The van der Waals surface area contributed by atoms with Crippen LogP contribution >= 0.6 is 0 Å². The molecule has 0 bridgehead atoms. The van der Waals surface area contributed by atoms with Crippen LogP contribution in [0, 0.1) is 5.92 Å². The molecule has 0 heterocycles. The summed E-state index contributed by atoms with van der Waals surface area (Å²) in [6.07, 6.45) is 1.12. The number of nitrogens with zero attached hydrogens (tertiary/aromatic N) is 1. The highest BCUT2D eigenvalue weighted by atomic mass is 32.2. The van der Waals surface area contributed by atoms with Crippen molar-refractivity contribution >= 4 is 10.6 Å². The van der Waals surface area contributed by atoms with E-state index in [2.05, 4.69) is 11.3 Å². The molecule has 3 unspecified atom stereocenters. The number of thiol groups is 1. The molecule has 3 heteroatoms. The monoisotopic (exact) mass is 133 g/mol. The maximum atomic E-state index is 10.8. The van der Waals surface area contributed by atoms with Gasteiger partial charge in [-0.15, -0.1) is 0 Å². The van der Waals surface area contributed by atoms with E-state index in [1.54, 1.807) is 7.05 Å². The molecule has 0 N–H and O–H groups in total. The van der Waals surface area contributed by atoms with Gasteiger partial charge in [0, 0.05) is 22.9 Å². The van der Waals surface area contributed by atoms with Crippen molar-refractivity contribution in [1.29, 1.82) is 0 Å². The van der Waals surface area contributed by atoms with E-state index < -0.39 is 10.6 Å². The molecule has 1 rings (SSSR count). The SMILES string of the molecule is CN=[SH](=O)C1CC1C. The lowest BCUT2D eigenvalue weighted by Crippen LogP contribution is -1.85. The van der Waals surface area contributed by atoms with Gasteiger partial charge in [0.15, 0.2) is 0 Å². The summed E-state index contributed by atoms with van der Waals surface area (Å²) in [5, 5.41) is 0.426. The fraction of sp³-hybridized carbons (Fsp3) is 1.00. The molecule has 8 heavy (non-hydrogen) atoms. The van der Waals surface area contributed by atoms with Gasteiger partial charge < -0.3 is 0 Å². The smallest absolute Gasteiger partial charge is 0.0432 e. The summed E-state index contributed by atoms with van der Waals surface area (Å²) >= 11 is 0. The van der Waals surface area contributed by atoms with Gasteiger partial charge in [-0.3, -0.25) is 4.21 Å². The molecule has 0 aromatic heterocycles.